The van der Waals surface area contributed by atoms with E-state index in [2.05, 4.69) is 5.32 Å². The van der Waals surface area contributed by atoms with Crippen molar-refractivity contribution in [2.24, 2.45) is 0 Å². The van der Waals surface area contributed by atoms with E-state index in [0.29, 0.717) is 24.7 Å². The molecule has 0 bridgehead atoms. The summed E-state index contributed by atoms with van der Waals surface area (Å²) in [5, 5.41) is 19.7. The van der Waals surface area contributed by atoms with Crippen LogP contribution in [0.25, 0.3) is 0 Å². The number of hydrogen-bond acceptors (Lipinski definition) is 5. The average Bonchev–Trinajstić information content (AvgIpc) is 2.45. The van der Waals surface area contributed by atoms with E-state index in [1.54, 1.807) is 0 Å². The van der Waals surface area contributed by atoms with E-state index in [1.165, 1.54) is 18.2 Å². The van der Waals surface area contributed by atoms with Crippen molar-refractivity contribution in [2.75, 3.05) is 13.2 Å². The number of carboxylic acid groups (broad SMARTS) is 2. The maximum atomic E-state index is 12.0. The third-order valence-corrected chi connectivity index (χ3v) is 2.79. The molecule has 0 saturated carbocycles. The fourth-order valence-corrected chi connectivity index (χ4v) is 1.80. The molecule has 0 aliphatic carbocycles. The maximum Gasteiger partial charge on any atom is 0.326 e. The first-order valence-electron chi connectivity index (χ1n) is 6.12. The van der Waals surface area contributed by atoms with Crippen LogP contribution in [0.15, 0.2) is 18.2 Å². The molecule has 1 atom stereocenters. The van der Waals surface area contributed by atoms with Crippen molar-refractivity contribution >= 4 is 17.8 Å². The van der Waals surface area contributed by atoms with Gasteiger partial charge in [0, 0.05) is 5.56 Å². The van der Waals surface area contributed by atoms with Gasteiger partial charge in [0.25, 0.3) is 5.91 Å². The Labute approximate surface area is 119 Å². The molecular formula is C13H13NO7. The largest absolute Gasteiger partial charge is 0.486 e. The highest BCUT2D eigenvalue weighted by Crippen LogP contribution is 2.30. The van der Waals surface area contributed by atoms with Gasteiger partial charge in [-0.05, 0) is 18.2 Å². The van der Waals surface area contributed by atoms with Crippen LogP contribution in [0.3, 0.4) is 0 Å². The first kappa shape index (κ1) is 14.6. The van der Waals surface area contributed by atoms with Gasteiger partial charge in [-0.2, -0.15) is 0 Å². The monoisotopic (exact) mass is 295 g/mol. The summed E-state index contributed by atoms with van der Waals surface area (Å²) in [6.45, 7) is 0.771. The molecular weight excluding hydrogens is 282 g/mol. The standard InChI is InChI=1S/C13H13NO7/c15-11(16)6-8(13(18)19)14-12(17)7-1-2-9-10(5-7)21-4-3-20-9/h1-2,5,8H,3-4,6H2,(H,14,17)(H,15,16)(H,18,19)/t8-/m0/s1. The minimum absolute atomic E-state index is 0.163. The molecule has 0 spiro atoms. The minimum atomic E-state index is -1.50. The summed E-state index contributed by atoms with van der Waals surface area (Å²) in [5.41, 5.74) is 0.163. The lowest BCUT2D eigenvalue weighted by atomic mass is 10.1. The van der Waals surface area contributed by atoms with Crippen LogP contribution in [0.5, 0.6) is 11.5 Å². The quantitative estimate of drug-likeness (QED) is 0.705. The zero-order chi connectivity index (χ0) is 15.4. The van der Waals surface area contributed by atoms with Gasteiger partial charge in [0.2, 0.25) is 0 Å². The van der Waals surface area contributed by atoms with Crippen molar-refractivity contribution in [3.05, 3.63) is 23.8 Å². The topological polar surface area (TPSA) is 122 Å². The maximum absolute atomic E-state index is 12.0. The Balaban J connectivity index is 2.12. The van der Waals surface area contributed by atoms with Gasteiger partial charge in [-0.15, -0.1) is 0 Å². The predicted molar refractivity (Wildman–Crippen MR) is 68.6 cm³/mol. The van der Waals surface area contributed by atoms with E-state index in [1.807, 2.05) is 0 Å². The number of amides is 1. The molecule has 0 saturated heterocycles. The number of carbonyl (C=O) groups excluding carboxylic acids is 1. The number of rotatable bonds is 5. The molecule has 112 valence electrons. The zero-order valence-electron chi connectivity index (χ0n) is 10.9. The third kappa shape index (κ3) is 3.62. The SMILES string of the molecule is O=C(O)C[C@H](NC(=O)c1ccc2c(c1)OCCO2)C(=O)O. The van der Waals surface area contributed by atoms with Gasteiger partial charge in [-0.3, -0.25) is 9.59 Å². The van der Waals surface area contributed by atoms with E-state index in [-0.39, 0.29) is 5.56 Å². The van der Waals surface area contributed by atoms with Crippen LogP contribution in [0, 0.1) is 0 Å². The number of fused-ring (bicyclic) bond motifs is 1. The number of aliphatic carboxylic acids is 2. The second-order valence-electron chi connectivity index (χ2n) is 4.32. The predicted octanol–water partition coefficient (Wildman–Crippen LogP) is 0.115. The molecule has 0 radical (unpaired) electrons. The Morgan fingerprint density at radius 3 is 2.43 bits per heavy atom. The van der Waals surface area contributed by atoms with Crippen molar-refractivity contribution in [2.45, 2.75) is 12.5 Å². The molecule has 0 fully saturated rings. The van der Waals surface area contributed by atoms with Gasteiger partial charge in [0.1, 0.15) is 19.3 Å². The van der Waals surface area contributed by atoms with E-state index in [0.717, 1.165) is 0 Å². The Morgan fingerprint density at radius 1 is 1.14 bits per heavy atom. The van der Waals surface area contributed by atoms with Gasteiger partial charge >= 0.3 is 11.9 Å². The number of benzene rings is 1. The van der Waals surface area contributed by atoms with Crippen LogP contribution in [0.4, 0.5) is 0 Å². The third-order valence-electron chi connectivity index (χ3n) is 2.79. The molecule has 1 amide bonds. The summed E-state index contributed by atoms with van der Waals surface area (Å²) >= 11 is 0. The van der Waals surface area contributed by atoms with Gasteiger partial charge in [0.15, 0.2) is 11.5 Å². The lowest BCUT2D eigenvalue weighted by Crippen LogP contribution is -2.42. The highest BCUT2D eigenvalue weighted by atomic mass is 16.6. The molecule has 8 nitrogen and oxygen atoms in total. The zero-order valence-corrected chi connectivity index (χ0v) is 10.9. The molecule has 1 heterocycles. The molecule has 8 heteroatoms. The van der Waals surface area contributed by atoms with Gasteiger partial charge in [-0.1, -0.05) is 0 Å². The highest BCUT2D eigenvalue weighted by molar-refractivity contribution is 5.97. The summed E-state index contributed by atoms with van der Waals surface area (Å²) in [6.07, 6.45) is -0.703. The van der Waals surface area contributed by atoms with E-state index < -0.39 is 30.3 Å². The molecule has 0 aromatic heterocycles. The summed E-state index contributed by atoms with van der Waals surface area (Å²) in [4.78, 5) is 33.4. The molecule has 2 rings (SSSR count). The molecule has 1 aromatic carbocycles. The fourth-order valence-electron chi connectivity index (χ4n) is 1.80. The van der Waals surface area contributed by atoms with Gasteiger partial charge in [0.05, 0.1) is 6.42 Å². The van der Waals surface area contributed by atoms with Crippen LogP contribution < -0.4 is 14.8 Å². The summed E-state index contributed by atoms with van der Waals surface area (Å²) < 4.78 is 10.6. The van der Waals surface area contributed by atoms with Crippen LogP contribution in [-0.4, -0.2) is 47.3 Å². The van der Waals surface area contributed by atoms with Crippen molar-refractivity contribution < 1.29 is 34.1 Å². The van der Waals surface area contributed by atoms with E-state index in [9.17, 15) is 14.4 Å². The molecule has 1 aliphatic rings. The fraction of sp³-hybridized carbons (Fsp3) is 0.308. The van der Waals surface area contributed by atoms with Crippen molar-refractivity contribution in [3.63, 3.8) is 0 Å². The first-order valence-corrected chi connectivity index (χ1v) is 6.12. The summed E-state index contributed by atoms with van der Waals surface area (Å²) in [6, 6.07) is 2.91. The Hall–Kier alpha value is -2.77. The molecule has 1 aromatic rings. The van der Waals surface area contributed by atoms with Gasteiger partial charge < -0.3 is 25.0 Å². The Bertz CT molecular complexity index is 584. The molecule has 0 unspecified atom stereocenters. The Kier molecular flexibility index (Phi) is 4.27. The molecule has 3 N–H and O–H groups in total. The van der Waals surface area contributed by atoms with Crippen molar-refractivity contribution in [1.82, 2.24) is 5.32 Å². The molecule has 21 heavy (non-hydrogen) atoms. The smallest absolute Gasteiger partial charge is 0.326 e. The minimum Gasteiger partial charge on any atom is -0.486 e. The van der Waals surface area contributed by atoms with E-state index >= 15 is 0 Å². The highest BCUT2D eigenvalue weighted by Gasteiger charge is 2.24. The van der Waals surface area contributed by atoms with Gasteiger partial charge in [-0.25, -0.2) is 4.79 Å². The second kappa shape index (κ2) is 6.12. The second-order valence-corrected chi connectivity index (χ2v) is 4.32. The number of carboxylic acids is 2. The Morgan fingerprint density at radius 2 is 1.81 bits per heavy atom. The lowest BCUT2D eigenvalue weighted by molar-refractivity contribution is -0.145. The van der Waals surface area contributed by atoms with Crippen molar-refractivity contribution in [3.8, 4) is 11.5 Å². The lowest BCUT2D eigenvalue weighted by Gasteiger charge is -2.19. The van der Waals surface area contributed by atoms with Crippen LogP contribution in [0.1, 0.15) is 16.8 Å². The number of hydrogen-bond donors (Lipinski definition) is 3. The average molecular weight is 295 g/mol. The summed E-state index contributed by atoms with van der Waals surface area (Å²) in [5.74, 6) is -2.54. The summed E-state index contributed by atoms with van der Waals surface area (Å²) in [7, 11) is 0. The van der Waals surface area contributed by atoms with E-state index in [4.69, 9.17) is 19.7 Å². The van der Waals surface area contributed by atoms with Crippen molar-refractivity contribution in [1.29, 1.82) is 0 Å². The van der Waals surface area contributed by atoms with Crippen LogP contribution >= 0.6 is 0 Å². The van der Waals surface area contributed by atoms with Crippen LogP contribution in [0.2, 0.25) is 0 Å². The first-order chi connectivity index (χ1) is 9.97. The number of nitrogens with one attached hydrogen (secondary N) is 1. The van der Waals surface area contributed by atoms with Crippen LogP contribution in [-0.2, 0) is 9.59 Å². The molecule has 1 aliphatic heterocycles. The number of ether oxygens (including phenoxy) is 2. The normalized spacial score (nSPS) is 14.1. The number of carbonyl (C=O) groups is 3.